The number of nitrogens with one attached hydrogen (secondary N) is 1. The average molecular weight is 295 g/mol. The SMILES string of the molecule is CC(C)(C)OC(=O)N1CCC=C(CCN2CCNCC2)C1. The van der Waals surface area contributed by atoms with Crippen molar-refractivity contribution in [3.8, 4) is 0 Å². The maximum atomic E-state index is 12.1. The molecular formula is C16H29N3O2. The summed E-state index contributed by atoms with van der Waals surface area (Å²) < 4.78 is 5.46. The highest BCUT2D eigenvalue weighted by Gasteiger charge is 2.24. The van der Waals surface area contributed by atoms with Gasteiger partial charge in [-0.3, -0.25) is 0 Å². The van der Waals surface area contributed by atoms with Crippen LogP contribution in [0.2, 0.25) is 0 Å². The third kappa shape index (κ3) is 5.67. The van der Waals surface area contributed by atoms with Gasteiger partial charge >= 0.3 is 6.09 Å². The summed E-state index contributed by atoms with van der Waals surface area (Å²) in [6.45, 7) is 12.8. The minimum atomic E-state index is -0.417. The minimum Gasteiger partial charge on any atom is -0.444 e. The molecule has 0 saturated carbocycles. The Balaban J connectivity index is 1.77. The number of carbonyl (C=O) groups excluding carboxylic acids is 1. The van der Waals surface area contributed by atoms with Gasteiger partial charge in [-0.05, 0) is 33.6 Å². The normalized spacial score (nSPS) is 21.1. The predicted octanol–water partition coefficient (Wildman–Crippen LogP) is 1.85. The number of carbonyl (C=O) groups is 1. The van der Waals surface area contributed by atoms with Gasteiger partial charge in [0, 0.05) is 45.8 Å². The van der Waals surface area contributed by atoms with E-state index in [1.54, 1.807) is 0 Å². The van der Waals surface area contributed by atoms with Crippen LogP contribution in [-0.4, -0.2) is 67.3 Å². The summed E-state index contributed by atoms with van der Waals surface area (Å²) in [4.78, 5) is 16.4. The third-order valence-electron chi connectivity index (χ3n) is 3.84. The molecule has 0 radical (unpaired) electrons. The molecule has 1 N–H and O–H groups in total. The number of nitrogens with zero attached hydrogens (tertiary/aromatic N) is 2. The minimum absolute atomic E-state index is 0.185. The number of rotatable bonds is 3. The molecule has 0 unspecified atom stereocenters. The maximum absolute atomic E-state index is 12.1. The van der Waals surface area contributed by atoms with Crippen LogP contribution in [0.25, 0.3) is 0 Å². The summed E-state index contributed by atoms with van der Waals surface area (Å²) >= 11 is 0. The second-order valence-corrected chi connectivity index (χ2v) is 6.89. The molecule has 1 amide bonds. The van der Waals surface area contributed by atoms with E-state index in [1.807, 2.05) is 25.7 Å². The standard InChI is InChI=1S/C16H29N3O2/c1-16(2,3)21-15(20)19-9-4-5-14(13-19)6-10-18-11-7-17-8-12-18/h5,17H,4,6-13H2,1-3H3. The van der Waals surface area contributed by atoms with Crippen LogP contribution in [0.3, 0.4) is 0 Å². The third-order valence-corrected chi connectivity index (χ3v) is 3.84. The summed E-state index contributed by atoms with van der Waals surface area (Å²) in [6, 6.07) is 0. The lowest BCUT2D eigenvalue weighted by Gasteiger charge is -2.32. The number of amides is 1. The van der Waals surface area contributed by atoms with Gasteiger partial charge < -0.3 is 19.9 Å². The van der Waals surface area contributed by atoms with Crippen LogP contribution < -0.4 is 5.32 Å². The van der Waals surface area contributed by atoms with Gasteiger partial charge in [-0.15, -0.1) is 0 Å². The van der Waals surface area contributed by atoms with Crippen molar-refractivity contribution in [3.05, 3.63) is 11.6 Å². The Morgan fingerprint density at radius 2 is 2.00 bits per heavy atom. The van der Waals surface area contributed by atoms with E-state index < -0.39 is 5.60 Å². The number of piperazine rings is 1. The molecule has 2 aliphatic heterocycles. The van der Waals surface area contributed by atoms with Crippen molar-refractivity contribution in [2.75, 3.05) is 45.8 Å². The summed E-state index contributed by atoms with van der Waals surface area (Å²) in [5.74, 6) is 0. The van der Waals surface area contributed by atoms with Gasteiger partial charge in [-0.2, -0.15) is 0 Å². The van der Waals surface area contributed by atoms with Crippen LogP contribution in [0.15, 0.2) is 11.6 Å². The molecule has 0 aromatic heterocycles. The van der Waals surface area contributed by atoms with E-state index in [0.717, 1.165) is 58.7 Å². The first-order chi connectivity index (χ1) is 9.94. The Labute approximate surface area is 128 Å². The van der Waals surface area contributed by atoms with Crippen LogP contribution in [0.5, 0.6) is 0 Å². The molecule has 21 heavy (non-hydrogen) atoms. The Morgan fingerprint density at radius 3 is 2.67 bits per heavy atom. The monoisotopic (exact) mass is 295 g/mol. The van der Waals surface area contributed by atoms with Crippen LogP contribution >= 0.6 is 0 Å². The van der Waals surface area contributed by atoms with E-state index in [9.17, 15) is 4.79 Å². The molecule has 5 nitrogen and oxygen atoms in total. The first-order valence-electron chi connectivity index (χ1n) is 8.03. The van der Waals surface area contributed by atoms with Crippen LogP contribution in [0, 0.1) is 0 Å². The topological polar surface area (TPSA) is 44.8 Å². The quantitative estimate of drug-likeness (QED) is 0.807. The van der Waals surface area contributed by atoms with E-state index in [2.05, 4.69) is 16.3 Å². The van der Waals surface area contributed by atoms with Crippen LogP contribution in [-0.2, 0) is 4.74 Å². The van der Waals surface area contributed by atoms with Crippen molar-refractivity contribution in [2.45, 2.75) is 39.2 Å². The molecule has 2 aliphatic rings. The van der Waals surface area contributed by atoms with E-state index in [-0.39, 0.29) is 6.09 Å². The fourth-order valence-electron chi connectivity index (χ4n) is 2.71. The van der Waals surface area contributed by atoms with Crippen molar-refractivity contribution >= 4 is 6.09 Å². The van der Waals surface area contributed by atoms with Gasteiger partial charge in [0.15, 0.2) is 0 Å². The number of hydrogen-bond donors (Lipinski definition) is 1. The van der Waals surface area contributed by atoms with Gasteiger partial charge in [0.1, 0.15) is 5.60 Å². The molecule has 0 atom stereocenters. The Kier molecular flexibility index (Phi) is 5.65. The molecule has 0 aliphatic carbocycles. The highest BCUT2D eigenvalue weighted by Crippen LogP contribution is 2.17. The predicted molar refractivity (Wildman–Crippen MR) is 84.4 cm³/mol. The molecule has 5 heteroatoms. The molecule has 0 aromatic carbocycles. The smallest absolute Gasteiger partial charge is 0.410 e. The van der Waals surface area contributed by atoms with E-state index in [4.69, 9.17) is 4.74 Å². The molecule has 1 saturated heterocycles. The van der Waals surface area contributed by atoms with Crippen LogP contribution in [0.1, 0.15) is 33.6 Å². The van der Waals surface area contributed by atoms with E-state index >= 15 is 0 Å². The molecule has 0 bridgehead atoms. The Morgan fingerprint density at radius 1 is 1.29 bits per heavy atom. The zero-order valence-electron chi connectivity index (χ0n) is 13.7. The summed E-state index contributed by atoms with van der Waals surface area (Å²) in [7, 11) is 0. The largest absolute Gasteiger partial charge is 0.444 e. The highest BCUT2D eigenvalue weighted by atomic mass is 16.6. The molecule has 2 heterocycles. The highest BCUT2D eigenvalue weighted by molar-refractivity contribution is 5.68. The summed E-state index contributed by atoms with van der Waals surface area (Å²) in [6.07, 6.45) is 4.11. The number of hydrogen-bond acceptors (Lipinski definition) is 4. The molecule has 0 aromatic rings. The fraction of sp³-hybridized carbons (Fsp3) is 0.812. The summed E-state index contributed by atoms with van der Waals surface area (Å²) in [5, 5.41) is 3.37. The van der Waals surface area contributed by atoms with Gasteiger partial charge in [-0.1, -0.05) is 11.6 Å². The van der Waals surface area contributed by atoms with Crippen molar-refractivity contribution in [2.24, 2.45) is 0 Å². The first kappa shape index (κ1) is 16.3. The first-order valence-corrected chi connectivity index (χ1v) is 8.03. The molecule has 0 spiro atoms. The molecule has 120 valence electrons. The van der Waals surface area contributed by atoms with Gasteiger partial charge in [-0.25, -0.2) is 4.79 Å². The van der Waals surface area contributed by atoms with Gasteiger partial charge in [0.2, 0.25) is 0 Å². The van der Waals surface area contributed by atoms with Gasteiger partial charge in [0.05, 0.1) is 0 Å². The second-order valence-electron chi connectivity index (χ2n) is 6.89. The lowest BCUT2D eigenvalue weighted by atomic mass is 10.1. The van der Waals surface area contributed by atoms with Crippen molar-refractivity contribution in [1.29, 1.82) is 0 Å². The molecule has 2 rings (SSSR count). The fourth-order valence-corrected chi connectivity index (χ4v) is 2.71. The zero-order valence-corrected chi connectivity index (χ0v) is 13.7. The number of ether oxygens (including phenoxy) is 1. The van der Waals surface area contributed by atoms with E-state index in [0.29, 0.717) is 0 Å². The second kappa shape index (κ2) is 7.27. The zero-order chi connectivity index (χ0) is 15.3. The van der Waals surface area contributed by atoms with Crippen molar-refractivity contribution < 1.29 is 9.53 Å². The van der Waals surface area contributed by atoms with Crippen LogP contribution in [0.4, 0.5) is 4.79 Å². The Hall–Kier alpha value is -1.07. The lowest BCUT2D eigenvalue weighted by Crippen LogP contribution is -2.44. The van der Waals surface area contributed by atoms with Gasteiger partial charge in [0.25, 0.3) is 0 Å². The van der Waals surface area contributed by atoms with Crippen molar-refractivity contribution in [3.63, 3.8) is 0 Å². The molecular weight excluding hydrogens is 266 g/mol. The Bertz CT molecular complexity index is 381. The summed E-state index contributed by atoms with van der Waals surface area (Å²) in [5.41, 5.74) is 0.949. The maximum Gasteiger partial charge on any atom is 0.410 e. The van der Waals surface area contributed by atoms with Crippen molar-refractivity contribution in [1.82, 2.24) is 15.1 Å². The molecule has 1 fully saturated rings. The average Bonchev–Trinajstić information content (AvgIpc) is 2.45. The van der Waals surface area contributed by atoms with E-state index in [1.165, 1.54) is 5.57 Å². The lowest BCUT2D eigenvalue weighted by molar-refractivity contribution is 0.0260.